The van der Waals surface area contributed by atoms with Crippen LogP contribution in [-0.2, 0) is 14.8 Å². The molecule has 0 saturated heterocycles. The number of anilines is 1. The normalized spacial score (nSPS) is 11.5. The number of amides is 1. The van der Waals surface area contributed by atoms with Crippen molar-refractivity contribution in [3.63, 3.8) is 0 Å². The number of sulfonamides is 1. The minimum Gasteiger partial charge on any atom is -0.271 e. The van der Waals surface area contributed by atoms with Crippen molar-refractivity contribution in [1.82, 2.24) is 5.43 Å². The van der Waals surface area contributed by atoms with Crippen LogP contribution in [0.25, 0.3) is 0 Å². The minimum absolute atomic E-state index is 0.0816. The average Bonchev–Trinajstić information content (AvgIpc) is 2.75. The molecule has 1 N–H and O–H groups in total. The van der Waals surface area contributed by atoms with Gasteiger partial charge in [0.2, 0.25) is 0 Å². The van der Waals surface area contributed by atoms with Crippen LogP contribution in [-0.4, -0.2) is 27.1 Å². The smallest absolute Gasteiger partial charge is 0.264 e. The second-order valence-electron chi connectivity index (χ2n) is 6.77. The summed E-state index contributed by atoms with van der Waals surface area (Å²) in [6, 6.07) is 17.9. The largest absolute Gasteiger partial charge is 0.271 e. The number of hydrogen-bond donors (Lipinski definition) is 1. The van der Waals surface area contributed by atoms with Gasteiger partial charge in [0.25, 0.3) is 15.9 Å². The van der Waals surface area contributed by atoms with E-state index < -0.39 is 22.5 Å². The summed E-state index contributed by atoms with van der Waals surface area (Å²) in [4.78, 5) is 12.6. The number of rotatable bonds is 7. The Hall–Kier alpha value is -2.39. The zero-order valence-corrected chi connectivity index (χ0v) is 20.7. The highest BCUT2D eigenvalue weighted by Crippen LogP contribution is 2.25. The fourth-order valence-corrected chi connectivity index (χ4v) is 4.69. The van der Waals surface area contributed by atoms with Gasteiger partial charge in [-0.05, 0) is 61.0 Å². The number of halogens is 3. The average molecular weight is 555 g/mol. The van der Waals surface area contributed by atoms with Crippen molar-refractivity contribution in [1.29, 1.82) is 0 Å². The van der Waals surface area contributed by atoms with Gasteiger partial charge in [0.05, 0.1) is 26.8 Å². The molecule has 0 aromatic heterocycles. The first-order valence-corrected chi connectivity index (χ1v) is 12.3. The molecule has 0 saturated carbocycles. The van der Waals surface area contributed by atoms with Crippen LogP contribution in [0.15, 0.2) is 81.2 Å². The van der Waals surface area contributed by atoms with E-state index >= 15 is 0 Å². The summed E-state index contributed by atoms with van der Waals surface area (Å²) >= 11 is 15.2. The molecule has 0 radical (unpaired) electrons. The Morgan fingerprint density at radius 1 is 1.03 bits per heavy atom. The lowest BCUT2D eigenvalue weighted by Gasteiger charge is -2.23. The first-order chi connectivity index (χ1) is 15.2. The van der Waals surface area contributed by atoms with Gasteiger partial charge in [0, 0.05) is 4.47 Å². The van der Waals surface area contributed by atoms with Crippen molar-refractivity contribution >= 4 is 67.0 Å². The van der Waals surface area contributed by atoms with Crippen molar-refractivity contribution in [3.8, 4) is 0 Å². The predicted octanol–water partition coefficient (Wildman–Crippen LogP) is 5.41. The van der Waals surface area contributed by atoms with Crippen LogP contribution in [0.1, 0.15) is 11.1 Å². The third-order valence-corrected chi connectivity index (χ3v) is 7.41. The summed E-state index contributed by atoms with van der Waals surface area (Å²) in [5.41, 5.74) is 4.24. The van der Waals surface area contributed by atoms with E-state index in [0.29, 0.717) is 21.3 Å². The lowest BCUT2D eigenvalue weighted by molar-refractivity contribution is -0.119. The Bertz CT molecular complexity index is 1250. The van der Waals surface area contributed by atoms with E-state index in [1.807, 2.05) is 6.92 Å². The van der Waals surface area contributed by atoms with Crippen molar-refractivity contribution < 1.29 is 13.2 Å². The molecule has 3 rings (SSSR count). The molecule has 6 nitrogen and oxygen atoms in total. The lowest BCUT2D eigenvalue weighted by atomic mass is 10.2. The van der Waals surface area contributed by atoms with E-state index in [4.69, 9.17) is 23.2 Å². The maximum atomic E-state index is 13.3. The van der Waals surface area contributed by atoms with Gasteiger partial charge < -0.3 is 0 Å². The maximum Gasteiger partial charge on any atom is 0.264 e. The second-order valence-corrected chi connectivity index (χ2v) is 10.4. The first kappa shape index (κ1) is 24.3. The fourth-order valence-electron chi connectivity index (χ4n) is 2.70. The van der Waals surface area contributed by atoms with E-state index in [9.17, 15) is 13.2 Å². The van der Waals surface area contributed by atoms with Gasteiger partial charge in [-0.2, -0.15) is 5.10 Å². The molecule has 0 fully saturated rings. The van der Waals surface area contributed by atoms with Gasteiger partial charge >= 0.3 is 0 Å². The Labute approximate surface area is 205 Å². The third-order valence-electron chi connectivity index (χ3n) is 4.36. The van der Waals surface area contributed by atoms with Crippen LogP contribution in [0.2, 0.25) is 10.0 Å². The quantitative estimate of drug-likeness (QED) is 0.313. The molecule has 3 aromatic carbocycles. The number of carbonyl (C=O) groups excluding carboxylic acids is 1. The minimum atomic E-state index is -3.99. The van der Waals surface area contributed by atoms with Crippen LogP contribution in [0.5, 0.6) is 0 Å². The van der Waals surface area contributed by atoms with Crippen molar-refractivity contribution in [2.75, 3.05) is 10.8 Å². The number of nitrogens with zero attached hydrogens (tertiary/aromatic N) is 2. The Morgan fingerprint density at radius 3 is 2.31 bits per heavy atom. The molecule has 0 heterocycles. The summed E-state index contributed by atoms with van der Waals surface area (Å²) in [5, 5.41) is 4.64. The standard InChI is InChI=1S/C22H18BrCl2N3O3S/c1-15-2-9-19(10-3-15)32(30,31)28(18-7-5-17(23)6-8-18)14-22(29)27-26-13-16-4-11-20(24)21(25)12-16/h2-13H,14H2,1H3,(H,27,29)/b26-13+. The fraction of sp³-hybridized carbons (Fsp3) is 0.0909. The van der Waals surface area contributed by atoms with Crippen molar-refractivity contribution in [2.45, 2.75) is 11.8 Å². The van der Waals surface area contributed by atoms with Gasteiger partial charge in [0.15, 0.2) is 0 Å². The van der Waals surface area contributed by atoms with Gasteiger partial charge in [-0.3, -0.25) is 9.10 Å². The van der Waals surface area contributed by atoms with Crippen molar-refractivity contribution in [3.05, 3.63) is 92.4 Å². The van der Waals surface area contributed by atoms with E-state index in [0.717, 1.165) is 14.3 Å². The van der Waals surface area contributed by atoms with Gasteiger partial charge in [-0.1, -0.05) is 62.9 Å². The molecular weight excluding hydrogens is 537 g/mol. The van der Waals surface area contributed by atoms with Crippen LogP contribution in [0, 0.1) is 6.92 Å². The topological polar surface area (TPSA) is 78.8 Å². The SMILES string of the molecule is Cc1ccc(S(=O)(=O)N(CC(=O)N/N=C/c2ccc(Cl)c(Cl)c2)c2ccc(Br)cc2)cc1. The van der Waals surface area contributed by atoms with Crippen LogP contribution >= 0.6 is 39.1 Å². The third kappa shape index (κ3) is 6.10. The summed E-state index contributed by atoms with van der Waals surface area (Å²) in [5.74, 6) is -0.611. The molecule has 10 heteroatoms. The molecule has 0 unspecified atom stereocenters. The molecule has 0 aliphatic rings. The molecule has 166 valence electrons. The first-order valence-electron chi connectivity index (χ1n) is 9.29. The molecule has 3 aromatic rings. The molecular formula is C22H18BrCl2N3O3S. The number of hydrazone groups is 1. The lowest BCUT2D eigenvalue weighted by Crippen LogP contribution is -2.39. The number of hydrogen-bond acceptors (Lipinski definition) is 4. The zero-order valence-electron chi connectivity index (χ0n) is 16.8. The van der Waals surface area contributed by atoms with Crippen LogP contribution in [0.3, 0.4) is 0 Å². The number of nitrogens with one attached hydrogen (secondary N) is 1. The van der Waals surface area contributed by atoms with E-state index in [-0.39, 0.29) is 4.90 Å². The second kappa shape index (κ2) is 10.5. The van der Waals surface area contributed by atoms with Crippen LogP contribution < -0.4 is 9.73 Å². The molecule has 0 bridgehead atoms. The highest BCUT2D eigenvalue weighted by Gasteiger charge is 2.27. The Balaban J connectivity index is 1.82. The van der Waals surface area contributed by atoms with E-state index in [1.54, 1.807) is 54.6 Å². The summed E-state index contributed by atoms with van der Waals surface area (Å²) in [6.07, 6.45) is 1.39. The molecule has 0 atom stereocenters. The summed E-state index contributed by atoms with van der Waals surface area (Å²) in [7, 11) is -3.99. The summed E-state index contributed by atoms with van der Waals surface area (Å²) in [6.45, 7) is 1.40. The Morgan fingerprint density at radius 2 is 1.69 bits per heavy atom. The zero-order chi connectivity index (χ0) is 23.3. The van der Waals surface area contributed by atoms with E-state index in [2.05, 4.69) is 26.5 Å². The highest BCUT2D eigenvalue weighted by atomic mass is 79.9. The number of carbonyl (C=O) groups is 1. The Kier molecular flexibility index (Phi) is 7.95. The number of benzene rings is 3. The summed E-state index contributed by atoms with van der Waals surface area (Å²) < 4.78 is 28.4. The number of aryl methyl sites for hydroxylation is 1. The predicted molar refractivity (Wildman–Crippen MR) is 132 cm³/mol. The maximum absolute atomic E-state index is 13.3. The monoisotopic (exact) mass is 553 g/mol. The van der Waals surface area contributed by atoms with Crippen LogP contribution in [0.4, 0.5) is 5.69 Å². The molecule has 0 spiro atoms. The van der Waals surface area contributed by atoms with Gasteiger partial charge in [-0.25, -0.2) is 13.8 Å². The molecule has 0 aliphatic heterocycles. The van der Waals surface area contributed by atoms with Gasteiger partial charge in [-0.15, -0.1) is 0 Å². The highest BCUT2D eigenvalue weighted by molar-refractivity contribution is 9.10. The molecule has 32 heavy (non-hydrogen) atoms. The van der Waals surface area contributed by atoms with Crippen molar-refractivity contribution in [2.24, 2.45) is 5.10 Å². The van der Waals surface area contributed by atoms with E-state index in [1.165, 1.54) is 18.3 Å². The molecule has 0 aliphatic carbocycles. The molecule has 1 amide bonds. The van der Waals surface area contributed by atoms with Gasteiger partial charge in [0.1, 0.15) is 6.54 Å².